The van der Waals surface area contributed by atoms with E-state index in [-0.39, 0.29) is 5.41 Å². The van der Waals surface area contributed by atoms with Gasteiger partial charge in [0.1, 0.15) is 5.75 Å². The molecule has 0 N–H and O–H groups in total. The molecule has 18 heavy (non-hydrogen) atoms. The number of hydrogen-bond acceptors (Lipinski definition) is 2. The van der Waals surface area contributed by atoms with Gasteiger partial charge in [-0.15, -0.1) is 0 Å². The fourth-order valence-corrected chi connectivity index (χ4v) is 1.93. The summed E-state index contributed by atoms with van der Waals surface area (Å²) in [5.41, 5.74) is 3.26. The summed E-state index contributed by atoms with van der Waals surface area (Å²) in [6.45, 7) is 13.9. The SMILES string of the molecule is C=CC(=O)Oc1c(CC)cc(C)cc1C(C)(C)C. The van der Waals surface area contributed by atoms with Crippen molar-refractivity contribution in [2.75, 3.05) is 0 Å². The van der Waals surface area contributed by atoms with E-state index in [0.29, 0.717) is 5.75 Å². The molecule has 0 saturated carbocycles. The lowest BCUT2D eigenvalue weighted by atomic mass is 9.84. The fourth-order valence-electron chi connectivity index (χ4n) is 1.93. The number of carbonyl (C=O) groups is 1. The smallest absolute Gasteiger partial charge is 0.335 e. The molecular formula is C16H22O2. The summed E-state index contributed by atoms with van der Waals surface area (Å²) in [5.74, 6) is 0.291. The first kappa shape index (κ1) is 14.5. The summed E-state index contributed by atoms with van der Waals surface area (Å²) < 4.78 is 5.44. The van der Waals surface area contributed by atoms with E-state index in [4.69, 9.17) is 4.74 Å². The van der Waals surface area contributed by atoms with E-state index in [1.165, 1.54) is 11.6 Å². The molecule has 1 rings (SSSR count). The van der Waals surface area contributed by atoms with E-state index in [1.54, 1.807) is 0 Å². The Morgan fingerprint density at radius 1 is 1.39 bits per heavy atom. The van der Waals surface area contributed by atoms with Crippen molar-refractivity contribution in [3.8, 4) is 5.75 Å². The van der Waals surface area contributed by atoms with Gasteiger partial charge in [0, 0.05) is 11.6 Å². The Kier molecular flexibility index (Phi) is 4.33. The van der Waals surface area contributed by atoms with Crippen LogP contribution in [0.1, 0.15) is 44.4 Å². The molecule has 0 unspecified atom stereocenters. The normalized spacial score (nSPS) is 11.2. The third kappa shape index (κ3) is 3.22. The van der Waals surface area contributed by atoms with Crippen LogP contribution in [0.15, 0.2) is 24.8 Å². The molecule has 0 aliphatic heterocycles. The molecule has 98 valence electrons. The number of aryl methyl sites for hydroxylation is 2. The fraction of sp³-hybridized carbons (Fsp3) is 0.438. The Morgan fingerprint density at radius 3 is 2.44 bits per heavy atom. The van der Waals surface area contributed by atoms with Crippen molar-refractivity contribution in [1.82, 2.24) is 0 Å². The van der Waals surface area contributed by atoms with Crippen molar-refractivity contribution in [1.29, 1.82) is 0 Å². The molecule has 0 saturated heterocycles. The maximum absolute atomic E-state index is 11.5. The van der Waals surface area contributed by atoms with E-state index in [1.807, 2.05) is 0 Å². The lowest BCUT2D eigenvalue weighted by Crippen LogP contribution is -2.17. The van der Waals surface area contributed by atoms with E-state index in [9.17, 15) is 4.79 Å². The molecule has 0 atom stereocenters. The van der Waals surface area contributed by atoms with Gasteiger partial charge in [-0.1, -0.05) is 52.0 Å². The van der Waals surface area contributed by atoms with Crippen molar-refractivity contribution in [3.63, 3.8) is 0 Å². The summed E-state index contributed by atoms with van der Waals surface area (Å²) in [4.78, 5) is 11.5. The molecule has 0 amide bonds. The van der Waals surface area contributed by atoms with Gasteiger partial charge in [-0.05, 0) is 24.3 Å². The molecule has 1 aromatic rings. The van der Waals surface area contributed by atoms with Crippen LogP contribution in [0.2, 0.25) is 0 Å². The van der Waals surface area contributed by atoms with Crippen LogP contribution in [0.5, 0.6) is 5.75 Å². The van der Waals surface area contributed by atoms with Crippen LogP contribution in [0.25, 0.3) is 0 Å². The topological polar surface area (TPSA) is 26.3 Å². The second kappa shape index (κ2) is 5.38. The molecule has 0 radical (unpaired) electrons. The van der Waals surface area contributed by atoms with Gasteiger partial charge in [-0.25, -0.2) is 4.79 Å². The standard InChI is InChI=1S/C16H22O2/c1-7-12-9-11(3)10-13(16(4,5)6)15(12)18-14(17)8-2/h8-10H,2,7H2,1,3-6H3. The summed E-state index contributed by atoms with van der Waals surface area (Å²) in [5, 5.41) is 0. The number of rotatable bonds is 3. The average molecular weight is 246 g/mol. The van der Waals surface area contributed by atoms with E-state index >= 15 is 0 Å². The van der Waals surface area contributed by atoms with Gasteiger partial charge >= 0.3 is 5.97 Å². The average Bonchev–Trinajstić information content (AvgIpc) is 2.29. The molecule has 0 aromatic heterocycles. The van der Waals surface area contributed by atoms with Gasteiger partial charge in [0.2, 0.25) is 0 Å². The zero-order valence-electron chi connectivity index (χ0n) is 12.0. The summed E-state index contributed by atoms with van der Waals surface area (Å²) in [6.07, 6.45) is 2.04. The van der Waals surface area contributed by atoms with Crippen molar-refractivity contribution in [3.05, 3.63) is 41.5 Å². The molecular weight excluding hydrogens is 224 g/mol. The van der Waals surface area contributed by atoms with Crippen LogP contribution in [-0.4, -0.2) is 5.97 Å². The highest BCUT2D eigenvalue weighted by Gasteiger charge is 2.22. The number of benzene rings is 1. The first-order valence-corrected chi connectivity index (χ1v) is 6.27. The van der Waals surface area contributed by atoms with E-state index in [0.717, 1.165) is 17.5 Å². The van der Waals surface area contributed by atoms with E-state index < -0.39 is 5.97 Å². The molecule has 0 bridgehead atoms. The number of ether oxygens (including phenoxy) is 1. The van der Waals surface area contributed by atoms with Crippen LogP contribution in [0, 0.1) is 6.92 Å². The summed E-state index contributed by atoms with van der Waals surface area (Å²) >= 11 is 0. The first-order chi connectivity index (χ1) is 8.29. The predicted molar refractivity (Wildman–Crippen MR) is 75.1 cm³/mol. The minimum absolute atomic E-state index is 0.0628. The van der Waals surface area contributed by atoms with Crippen LogP contribution in [0.3, 0.4) is 0 Å². The molecule has 0 aliphatic carbocycles. The molecule has 0 spiro atoms. The third-order valence-electron chi connectivity index (χ3n) is 2.87. The second-order valence-electron chi connectivity index (χ2n) is 5.53. The van der Waals surface area contributed by atoms with Crippen molar-refractivity contribution >= 4 is 5.97 Å². The molecule has 0 aliphatic rings. The quantitative estimate of drug-likeness (QED) is 0.458. The zero-order valence-corrected chi connectivity index (χ0v) is 12.0. The molecule has 2 nitrogen and oxygen atoms in total. The van der Waals surface area contributed by atoms with E-state index in [2.05, 4.69) is 53.3 Å². The van der Waals surface area contributed by atoms with Gasteiger partial charge in [-0.2, -0.15) is 0 Å². The Morgan fingerprint density at radius 2 is 2.00 bits per heavy atom. The van der Waals surface area contributed by atoms with Gasteiger partial charge < -0.3 is 4.74 Å². The molecule has 1 aromatic carbocycles. The number of carbonyl (C=O) groups excluding carboxylic acids is 1. The van der Waals surface area contributed by atoms with Crippen molar-refractivity contribution in [2.45, 2.75) is 46.5 Å². The Labute approximate surface area is 110 Å². The van der Waals surface area contributed by atoms with Gasteiger partial charge in [0.05, 0.1) is 0 Å². The maximum Gasteiger partial charge on any atom is 0.335 e. The predicted octanol–water partition coefficient (Wildman–Crippen LogP) is 3.95. The third-order valence-corrected chi connectivity index (χ3v) is 2.87. The lowest BCUT2D eigenvalue weighted by molar-refractivity contribution is -0.129. The van der Waals surface area contributed by atoms with Crippen molar-refractivity contribution < 1.29 is 9.53 Å². The highest BCUT2D eigenvalue weighted by molar-refractivity contribution is 5.84. The molecule has 0 heterocycles. The van der Waals surface area contributed by atoms with Gasteiger partial charge in [0.15, 0.2) is 0 Å². The minimum Gasteiger partial charge on any atom is -0.423 e. The largest absolute Gasteiger partial charge is 0.423 e. The lowest BCUT2D eigenvalue weighted by Gasteiger charge is -2.24. The Balaban J connectivity index is 3.42. The molecule has 0 fully saturated rings. The first-order valence-electron chi connectivity index (χ1n) is 6.27. The highest BCUT2D eigenvalue weighted by Crippen LogP contribution is 2.35. The minimum atomic E-state index is -0.404. The second-order valence-corrected chi connectivity index (χ2v) is 5.53. The van der Waals surface area contributed by atoms with Crippen LogP contribution >= 0.6 is 0 Å². The summed E-state index contributed by atoms with van der Waals surface area (Å²) in [6, 6.07) is 4.16. The Hall–Kier alpha value is -1.57. The Bertz CT molecular complexity index is 465. The van der Waals surface area contributed by atoms with Crippen LogP contribution in [0.4, 0.5) is 0 Å². The highest BCUT2D eigenvalue weighted by atomic mass is 16.5. The zero-order chi connectivity index (χ0) is 13.9. The number of esters is 1. The van der Waals surface area contributed by atoms with Gasteiger partial charge in [0.25, 0.3) is 0 Å². The van der Waals surface area contributed by atoms with Crippen molar-refractivity contribution in [2.24, 2.45) is 0 Å². The summed E-state index contributed by atoms with van der Waals surface area (Å²) in [7, 11) is 0. The van der Waals surface area contributed by atoms with Gasteiger partial charge in [-0.3, -0.25) is 0 Å². The van der Waals surface area contributed by atoms with Crippen LogP contribution in [-0.2, 0) is 16.6 Å². The molecule has 2 heteroatoms. The number of hydrogen-bond donors (Lipinski definition) is 0. The van der Waals surface area contributed by atoms with Crippen LogP contribution < -0.4 is 4.74 Å². The monoisotopic (exact) mass is 246 g/mol. The maximum atomic E-state index is 11.5.